The molecule has 7 aliphatic heterocycles. The molecule has 45 atom stereocenters. The van der Waals surface area contributed by atoms with Crippen LogP contribution in [0.3, 0.4) is 0 Å². The molecule has 4 aliphatic carbocycles. The number of allylic oxidation sites excluding steroid dienone is 1. The number of hydrogen-bond donors (Lipinski definition) is 23. The molecule has 0 spiro atoms. The lowest BCUT2D eigenvalue weighted by Gasteiger charge is -2.58. The van der Waals surface area contributed by atoms with Crippen molar-refractivity contribution in [1.82, 2.24) is 0 Å². The van der Waals surface area contributed by atoms with Crippen LogP contribution in [0.1, 0.15) is 98.8 Å². The maximum atomic E-state index is 12.1. The Bertz CT molecular complexity index is 2800. The molecule has 10 fully saturated rings. The summed E-state index contributed by atoms with van der Waals surface area (Å²) < 4.78 is 82.2. The third-order valence-electron chi connectivity index (χ3n) is 26.0. The van der Waals surface area contributed by atoms with Crippen molar-refractivity contribution in [2.24, 2.45) is 52.3 Å². The zero-order valence-corrected chi connectivity index (χ0v) is 60.6. The molecular formula is C70H118O37. The van der Waals surface area contributed by atoms with Crippen LogP contribution < -0.4 is 0 Å². The van der Waals surface area contributed by atoms with Gasteiger partial charge in [0.1, 0.15) is 171 Å². The highest BCUT2D eigenvalue weighted by molar-refractivity contribution is 5.26. The van der Waals surface area contributed by atoms with E-state index >= 15 is 0 Å². The molecular weight excluding hydrogens is 1430 g/mol. The van der Waals surface area contributed by atoms with E-state index in [1.54, 1.807) is 0 Å². The van der Waals surface area contributed by atoms with E-state index in [4.69, 9.17) is 66.3 Å². The first-order chi connectivity index (χ1) is 50.8. The first-order valence-corrected chi connectivity index (χ1v) is 37.8. The van der Waals surface area contributed by atoms with Gasteiger partial charge in [-0.3, -0.25) is 0 Å². The molecule has 37 heteroatoms. The Morgan fingerprint density at radius 2 is 0.766 bits per heavy atom. The summed E-state index contributed by atoms with van der Waals surface area (Å²) in [5.74, 6) is 2.03. The number of aliphatic hydroxyl groups is 23. The van der Waals surface area contributed by atoms with Gasteiger partial charge in [-0.25, -0.2) is 0 Å². The van der Waals surface area contributed by atoms with Gasteiger partial charge < -0.3 is 184 Å². The van der Waals surface area contributed by atoms with Crippen molar-refractivity contribution in [3.05, 3.63) is 11.6 Å². The molecule has 620 valence electrons. The summed E-state index contributed by atoms with van der Waals surface area (Å²) >= 11 is 0. The Morgan fingerprint density at radius 3 is 1.23 bits per heavy atom. The fourth-order valence-corrected chi connectivity index (χ4v) is 19.0. The van der Waals surface area contributed by atoms with E-state index < -0.39 is 261 Å². The molecule has 3 saturated carbocycles. The van der Waals surface area contributed by atoms with Crippen molar-refractivity contribution in [1.29, 1.82) is 0 Å². The first-order valence-electron chi connectivity index (χ1n) is 37.8. The van der Waals surface area contributed by atoms with E-state index in [2.05, 4.69) is 33.8 Å². The van der Waals surface area contributed by atoms with E-state index in [0.29, 0.717) is 42.4 Å². The van der Waals surface area contributed by atoms with E-state index in [1.165, 1.54) is 5.57 Å². The summed E-state index contributed by atoms with van der Waals surface area (Å²) in [5, 5.41) is 247. The van der Waals surface area contributed by atoms with Gasteiger partial charge in [-0.1, -0.05) is 59.1 Å². The SMILES string of the molecule is C[C@H](CC[C@@H](C)[C@H]1CC[C@H]2[C@@H]3CC=C4C[C@@H](O[C@@H]5O[C@H](CO)[C@@H](O)[C@H](O)[C@H]5O)CC[C@]4(C)[C@H]3CC[C@]12C)[C@H](C)CO[C@@H]1O[C@H](CO[C@@H]2O[C@H](CO)[C@@H](O[C@@H]3O[C@H](CO)[C@@H](O)[C@H](O)[C@H]3O)[C@H](O)[C@H]2O)[C@@H](O)[C@H](O)[C@H]1O[C@@H]1O[C@H](CO)[C@@H](O[C@@H]2O[C@H](CO)[C@@H](O[C@@H]3O[C@H](CO)[C@@H](O)[C@H](O)[C@H]3O)[C@H](O)[C@H]2O)[C@H](O)[C@H]1O. The Labute approximate surface area is 618 Å². The number of fused-ring (bicyclic) bond motifs is 5. The molecule has 7 heterocycles. The number of ether oxygens (including phenoxy) is 14. The fraction of sp³-hybridized carbons (Fsp3) is 0.971. The van der Waals surface area contributed by atoms with Crippen LogP contribution in [0.25, 0.3) is 0 Å². The van der Waals surface area contributed by atoms with Crippen LogP contribution in [0.2, 0.25) is 0 Å². The molecule has 23 N–H and O–H groups in total. The molecule has 11 aliphatic rings. The number of rotatable bonds is 27. The Hall–Kier alpha value is -1.74. The number of hydrogen-bond acceptors (Lipinski definition) is 37. The summed E-state index contributed by atoms with van der Waals surface area (Å²) in [6, 6.07) is 0. The third kappa shape index (κ3) is 17.3. The van der Waals surface area contributed by atoms with Gasteiger partial charge in [0.15, 0.2) is 44.0 Å². The molecule has 0 unspecified atom stereocenters. The quantitative estimate of drug-likeness (QED) is 0.0340. The van der Waals surface area contributed by atoms with Gasteiger partial charge in [0.2, 0.25) is 0 Å². The highest BCUT2D eigenvalue weighted by Gasteiger charge is 2.62. The topological polar surface area (TPSA) is 595 Å². The normalized spacial score (nSPS) is 52.0. The largest absolute Gasteiger partial charge is 0.394 e. The van der Waals surface area contributed by atoms with E-state index in [-0.39, 0.29) is 35.4 Å². The molecule has 0 amide bonds. The summed E-state index contributed by atoms with van der Waals surface area (Å²) in [6.07, 6.45) is -50.9. The molecule has 0 radical (unpaired) electrons. The van der Waals surface area contributed by atoms with E-state index in [9.17, 15) is 117 Å². The van der Waals surface area contributed by atoms with E-state index in [1.807, 2.05) is 6.92 Å². The van der Waals surface area contributed by atoms with Crippen molar-refractivity contribution in [2.45, 2.75) is 320 Å². The van der Waals surface area contributed by atoms with Crippen molar-refractivity contribution in [3.63, 3.8) is 0 Å². The summed E-state index contributed by atoms with van der Waals surface area (Å²) in [7, 11) is 0. The summed E-state index contributed by atoms with van der Waals surface area (Å²) in [4.78, 5) is 0. The summed E-state index contributed by atoms with van der Waals surface area (Å²) in [6.45, 7) is 5.30. The van der Waals surface area contributed by atoms with Gasteiger partial charge in [0, 0.05) is 0 Å². The third-order valence-corrected chi connectivity index (χ3v) is 26.0. The minimum absolute atomic E-state index is 0.00370. The predicted molar refractivity (Wildman–Crippen MR) is 353 cm³/mol. The van der Waals surface area contributed by atoms with Crippen molar-refractivity contribution < 1.29 is 184 Å². The lowest BCUT2D eigenvalue weighted by Crippen LogP contribution is -2.67. The standard InChI is InChI=1S/C70H118O37/c1-25(6-7-26(2)31-10-11-32-30-9-8-28-16-29(12-14-69(28,4)33(30)13-15-70(31,32)5)96-63-52(88)45(81)41(77)34(17-71)97-63)27(3)23-94-68-61(48(84)44(80)40(103-68)24-95-62-55(91)49(85)58(37(20-74)100-62)104-64-53(89)46(82)42(78)35(18-72)98-64)107-67-57(93)51(87)60(39(22-76)102-67)106-66-56(92)50(86)59(38(21-75)101-66)105-65-54(90)47(83)43(79)36(19-73)99-65/h8,25-27,29-68,71-93H,6-7,9-24H2,1-5H3/t25-,26-,27-,29+,30+,31-,32+,33+,34-,35-,36-,37-,38-,39-,40-,41-,42-,43-,44-,45+,46+,47+,48+,49-,50-,51-,52-,53-,54-,55-,56-,57-,58-,59-,60-,61-,62-,63-,64+,65+,66+,67+,68-,69+,70-/m1/s1. The van der Waals surface area contributed by atoms with Crippen LogP contribution in [0.5, 0.6) is 0 Å². The maximum Gasteiger partial charge on any atom is 0.187 e. The van der Waals surface area contributed by atoms with Crippen LogP contribution in [0.4, 0.5) is 0 Å². The Balaban J connectivity index is 0.734. The lowest BCUT2D eigenvalue weighted by atomic mass is 9.47. The zero-order chi connectivity index (χ0) is 77.7. The van der Waals surface area contributed by atoms with Gasteiger partial charge in [-0.15, -0.1) is 0 Å². The van der Waals surface area contributed by atoms with Crippen molar-refractivity contribution in [3.8, 4) is 0 Å². The minimum atomic E-state index is -2.17. The van der Waals surface area contributed by atoms with Crippen LogP contribution >= 0.6 is 0 Å². The average Bonchev–Trinajstić information content (AvgIpc) is 1.68. The predicted octanol–water partition coefficient (Wildman–Crippen LogP) is -8.62. The fourth-order valence-electron chi connectivity index (χ4n) is 19.0. The molecule has 0 aromatic rings. The van der Waals surface area contributed by atoms with E-state index in [0.717, 1.165) is 51.4 Å². The number of aliphatic hydroxyl groups excluding tert-OH is 23. The second-order valence-corrected chi connectivity index (χ2v) is 32.3. The van der Waals surface area contributed by atoms with Crippen molar-refractivity contribution in [2.75, 3.05) is 52.9 Å². The van der Waals surface area contributed by atoms with Gasteiger partial charge in [0.25, 0.3) is 0 Å². The van der Waals surface area contributed by atoms with Crippen LogP contribution in [-0.2, 0) is 66.3 Å². The second-order valence-electron chi connectivity index (χ2n) is 32.3. The van der Waals surface area contributed by atoms with Gasteiger partial charge in [0.05, 0.1) is 59.0 Å². The summed E-state index contributed by atoms with van der Waals surface area (Å²) in [5.41, 5.74) is 1.39. The highest BCUT2D eigenvalue weighted by Crippen LogP contribution is 2.68. The molecule has 7 saturated heterocycles. The van der Waals surface area contributed by atoms with Crippen LogP contribution in [-0.4, -0.2) is 391 Å². The van der Waals surface area contributed by atoms with Crippen molar-refractivity contribution >= 4 is 0 Å². The monoisotopic (exact) mass is 1550 g/mol. The van der Waals surface area contributed by atoms with Gasteiger partial charge >= 0.3 is 0 Å². The average molecular weight is 1550 g/mol. The smallest absolute Gasteiger partial charge is 0.187 e. The Morgan fingerprint density at radius 1 is 0.374 bits per heavy atom. The van der Waals surface area contributed by atoms with Crippen LogP contribution in [0.15, 0.2) is 11.6 Å². The maximum absolute atomic E-state index is 12.1. The van der Waals surface area contributed by atoms with Crippen LogP contribution in [0, 0.1) is 52.3 Å². The zero-order valence-electron chi connectivity index (χ0n) is 60.6. The molecule has 0 bridgehead atoms. The first kappa shape index (κ1) is 86.1. The Kier molecular flexibility index (Phi) is 29.1. The molecule has 0 aromatic carbocycles. The highest BCUT2D eigenvalue weighted by atomic mass is 16.8. The molecule has 107 heavy (non-hydrogen) atoms. The second kappa shape index (κ2) is 36.2. The molecule has 0 aromatic heterocycles. The molecule has 11 rings (SSSR count). The lowest BCUT2D eigenvalue weighted by molar-refractivity contribution is -0.393. The van der Waals surface area contributed by atoms with Gasteiger partial charge in [-0.05, 0) is 104 Å². The van der Waals surface area contributed by atoms with Gasteiger partial charge in [-0.2, -0.15) is 0 Å². The minimum Gasteiger partial charge on any atom is -0.394 e. The molecule has 37 nitrogen and oxygen atoms in total.